The molecule has 1 aromatic heterocycles. The van der Waals surface area contributed by atoms with E-state index in [4.69, 9.17) is 4.74 Å². The smallest absolute Gasteiger partial charge is 0.276 e. The van der Waals surface area contributed by atoms with E-state index in [9.17, 15) is 26.4 Å². The molecule has 3 heterocycles. The predicted molar refractivity (Wildman–Crippen MR) is 100 cm³/mol. The number of likely N-dealkylation sites (tertiary alicyclic amines) is 1. The average molecular weight is 444 g/mol. The van der Waals surface area contributed by atoms with E-state index < -0.39 is 33.4 Å². The van der Waals surface area contributed by atoms with Gasteiger partial charge in [0.2, 0.25) is 10.0 Å². The van der Waals surface area contributed by atoms with Gasteiger partial charge in [-0.3, -0.25) is 4.79 Å². The monoisotopic (exact) mass is 444 g/mol. The van der Waals surface area contributed by atoms with E-state index in [1.54, 1.807) is 0 Å². The number of rotatable bonds is 2. The van der Waals surface area contributed by atoms with Gasteiger partial charge < -0.3 is 19.5 Å². The number of sulfonamides is 1. The zero-order valence-corrected chi connectivity index (χ0v) is 16.9. The number of nitrogens with zero attached hydrogens (tertiary/aromatic N) is 2. The van der Waals surface area contributed by atoms with E-state index in [1.807, 2.05) is 11.9 Å². The van der Waals surface area contributed by atoms with Crippen LogP contribution in [0.4, 0.5) is 18.9 Å². The Bertz CT molecular complexity index is 1110. The van der Waals surface area contributed by atoms with Crippen LogP contribution in [0.15, 0.2) is 23.2 Å². The Hall–Kier alpha value is -2.57. The first-order valence-electron chi connectivity index (χ1n) is 9.05. The Morgan fingerprint density at radius 3 is 2.53 bits per heavy atom. The molecule has 1 amide bonds. The molecular weight excluding hydrogens is 425 g/mol. The Balaban J connectivity index is 1.70. The van der Waals surface area contributed by atoms with Gasteiger partial charge in [0.25, 0.3) is 5.91 Å². The lowest BCUT2D eigenvalue weighted by Gasteiger charge is -2.24. The van der Waals surface area contributed by atoms with Crippen LogP contribution >= 0.6 is 0 Å². The second-order valence-corrected chi connectivity index (χ2v) is 9.19. The molecule has 2 N–H and O–H groups in total. The second-order valence-electron chi connectivity index (χ2n) is 7.51. The van der Waals surface area contributed by atoms with Gasteiger partial charge in [-0.1, -0.05) is 0 Å². The number of halogens is 3. The first-order valence-corrected chi connectivity index (χ1v) is 10.5. The summed E-state index contributed by atoms with van der Waals surface area (Å²) in [4.78, 5) is 14.6. The van der Waals surface area contributed by atoms with Crippen LogP contribution in [-0.2, 0) is 17.1 Å². The van der Waals surface area contributed by atoms with Gasteiger partial charge in [0.15, 0.2) is 28.9 Å². The number of ether oxygens (including phenoxy) is 1. The number of benzene rings is 1. The molecule has 1 fully saturated rings. The molecule has 1 aromatic carbocycles. The van der Waals surface area contributed by atoms with Gasteiger partial charge in [-0.2, -0.15) is 0 Å². The molecule has 2 unspecified atom stereocenters. The first kappa shape index (κ1) is 20.7. The minimum atomic E-state index is -3.98. The molecule has 0 radical (unpaired) electrons. The molecule has 8 nitrogen and oxygen atoms in total. The normalized spacial score (nSPS) is 23.1. The zero-order chi connectivity index (χ0) is 21.8. The summed E-state index contributed by atoms with van der Waals surface area (Å²) >= 11 is 0. The van der Waals surface area contributed by atoms with Crippen LogP contribution in [0.1, 0.15) is 10.5 Å². The fourth-order valence-corrected chi connectivity index (χ4v) is 5.32. The molecule has 12 heteroatoms. The summed E-state index contributed by atoms with van der Waals surface area (Å²) in [5.41, 5.74) is -0.471. The summed E-state index contributed by atoms with van der Waals surface area (Å²) in [6.07, 6.45) is 1.23. The lowest BCUT2D eigenvalue weighted by atomic mass is 10.1. The van der Waals surface area contributed by atoms with Gasteiger partial charge in [0.05, 0.1) is 6.61 Å². The van der Waals surface area contributed by atoms with Crippen molar-refractivity contribution in [2.75, 3.05) is 32.1 Å². The SMILES string of the molecule is CN1CC2COc3c(cn(C)c3C(=O)Nc3cc(F)c(F)c(F)c3)S(=O)(=O)NC2C1. The molecular formula is C18H19F3N4O4S. The number of hydrogen-bond donors (Lipinski definition) is 2. The van der Waals surface area contributed by atoms with Crippen molar-refractivity contribution in [3.8, 4) is 5.75 Å². The van der Waals surface area contributed by atoms with Crippen molar-refractivity contribution in [2.24, 2.45) is 13.0 Å². The quantitative estimate of drug-likeness (QED) is 0.682. The maximum Gasteiger partial charge on any atom is 0.276 e. The highest BCUT2D eigenvalue weighted by Gasteiger charge is 2.40. The number of aromatic nitrogens is 1. The van der Waals surface area contributed by atoms with Gasteiger partial charge in [-0.15, -0.1) is 0 Å². The molecule has 30 heavy (non-hydrogen) atoms. The molecule has 0 aliphatic carbocycles. The number of likely N-dealkylation sites (N-methyl/N-ethyl adjacent to an activating group) is 1. The standard InChI is InChI=1S/C18H19F3N4O4S/c1-24-5-9-8-29-17-14(30(27,28)23-13(9)6-24)7-25(2)16(17)18(26)22-10-3-11(19)15(21)12(20)4-10/h3-4,7,9,13,23H,5-6,8H2,1-2H3,(H,22,26). The summed E-state index contributed by atoms with van der Waals surface area (Å²) in [7, 11) is -0.668. The summed E-state index contributed by atoms with van der Waals surface area (Å²) in [6, 6.07) is 0.929. The molecule has 2 aromatic rings. The highest BCUT2D eigenvalue weighted by Crippen LogP contribution is 2.34. The van der Waals surface area contributed by atoms with Crippen molar-refractivity contribution in [1.29, 1.82) is 0 Å². The number of amides is 1. The van der Waals surface area contributed by atoms with E-state index in [0.717, 1.165) is 0 Å². The lowest BCUT2D eigenvalue weighted by molar-refractivity contribution is 0.101. The Morgan fingerprint density at radius 2 is 1.87 bits per heavy atom. The van der Waals surface area contributed by atoms with Crippen LogP contribution in [0, 0.1) is 23.4 Å². The summed E-state index contributed by atoms with van der Waals surface area (Å²) in [6.45, 7) is 1.32. The third-order valence-corrected chi connectivity index (χ3v) is 6.70. The molecule has 2 aliphatic rings. The molecule has 1 saturated heterocycles. The molecule has 2 atom stereocenters. The van der Waals surface area contributed by atoms with Crippen LogP contribution in [0.2, 0.25) is 0 Å². The Labute approximate surface area is 170 Å². The molecule has 2 aliphatic heterocycles. The Morgan fingerprint density at radius 1 is 1.20 bits per heavy atom. The Kier molecular flexibility index (Phi) is 5.03. The van der Waals surface area contributed by atoms with Crippen molar-refractivity contribution in [3.63, 3.8) is 0 Å². The van der Waals surface area contributed by atoms with E-state index in [-0.39, 0.29) is 40.6 Å². The van der Waals surface area contributed by atoms with Gasteiger partial charge in [-0.25, -0.2) is 26.3 Å². The van der Waals surface area contributed by atoms with E-state index >= 15 is 0 Å². The zero-order valence-electron chi connectivity index (χ0n) is 16.1. The van der Waals surface area contributed by atoms with Crippen LogP contribution in [0.5, 0.6) is 5.75 Å². The van der Waals surface area contributed by atoms with Crippen LogP contribution in [0.3, 0.4) is 0 Å². The maximum atomic E-state index is 13.5. The largest absolute Gasteiger partial charge is 0.489 e. The van der Waals surface area contributed by atoms with Gasteiger partial charge in [0, 0.05) is 56.1 Å². The summed E-state index contributed by atoms with van der Waals surface area (Å²) < 4.78 is 75.5. The van der Waals surface area contributed by atoms with Crippen LogP contribution < -0.4 is 14.8 Å². The average Bonchev–Trinajstić information content (AvgIpc) is 3.15. The van der Waals surface area contributed by atoms with Crippen LogP contribution in [0.25, 0.3) is 0 Å². The summed E-state index contributed by atoms with van der Waals surface area (Å²) in [5.74, 6) is -5.72. The second kappa shape index (κ2) is 7.29. The number of carbonyl (C=O) groups is 1. The van der Waals surface area contributed by atoms with E-state index in [2.05, 4.69) is 10.0 Å². The minimum Gasteiger partial charge on any atom is -0.489 e. The fourth-order valence-electron chi connectivity index (χ4n) is 3.83. The topological polar surface area (TPSA) is 92.7 Å². The van der Waals surface area contributed by atoms with E-state index in [1.165, 1.54) is 17.8 Å². The molecule has 162 valence electrons. The highest BCUT2D eigenvalue weighted by molar-refractivity contribution is 7.89. The van der Waals surface area contributed by atoms with E-state index in [0.29, 0.717) is 25.2 Å². The molecule has 0 spiro atoms. The van der Waals surface area contributed by atoms with Gasteiger partial charge in [0.1, 0.15) is 4.90 Å². The highest BCUT2D eigenvalue weighted by atomic mass is 32.2. The van der Waals surface area contributed by atoms with Gasteiger partial charge >= 0.3 is 0 Å². The first-order chi connectivity index (χ1) is 14.1. The van der Waals surface area contributed by atoms with Gasteiger partial charge in [-0.05, 0) is 7.05 Å². The van der Waals surface area contributed by atoms with Crippen molar-refractivity contribution < 1.29 is 31.1 Å². The van der Waals surface area contributed by atoms with Crippen LogP contribution in [-0.4, -0.2) is 56.6 Å². The third-order valence-electron chi connectivity index (χ3n) is 5.22. The number of hydrogen-bond acceptors (Lipinski definition) is 5. The number of anilines is 1. The number of nitrogens with one attached hydrogen (secondary N) is 2. The lowest BCUT2D eigenvalue weighted by Crippen LogP contribution is -2.43. The van der Waals surface area contributed by atoms with Crippen molar-refractivity contribution in [2.45, 2.75) is 10.9 Å². The van der Waals surface area contributed by atoms with Crippen molar-refractivity contribution >= 4 is 21.6 Å². The maximum absolute atomic E-state index is 13.5. The summed E-state index contributed by atoms with van der Waals surface area (Å²) in [5, 5.41) is 2.25. The molecule has 0 bridgehead atoms. The minimum absolute atomic E-state index is 0.116. The molecule has 4 rings (SSSR count). The number of carbonyl (C=O) groups excluding carboxylic acids is 1. The van der Waals surface area contributed by atoms with Crippen molar-refractivity contribution in [3.05, 3.63) is 41.5 Å². The predicted octanol–water partition coefficient (Wildman–Crippen LogP) is 1.30. The molecule has 0 saturated carbocycles. The number of fused-ring (bicyclic) bond motifs is 2. The number of aryl methyl sites for hydroxylation is 1. The third kappa shape index (κ3) is 3.55. The fraction of sp³-hybridized carbons (Fsp3) is 0.389. The van der Waals surface area contributed by atoms with Crippen molar-refractivity contribution in [1.82, 2.24) is 14.2 Å².